The van der Waals surface area contributed by atoms with Crippen molar-refractivity contribution in [2.24, 2.45) is 0 Å². The molecule has 0 unspecified atom stereocenters. The average molecular weight is 605 g/mol. The molecule has 1 aliphatic heterocycles. The first-order chi connectivity index (χ1) is 20.0. The number of fused-ring (bicyclic) bond motifs is 1. The number of nitrogens with zero attached hydrogens (tertiary/aromatic N) is 4. The predicted molar refractivity (Wildman–Crippen MR) is 166 cm³/mol. The summed E-state index contributed by atoms with van der Waals surface area (Å²) < 4.78 is 41.3. The summed E-state index contributed by atoms with van der Waals surface area (Å²) in [6, 6.07) is 11.9. The van der Waals surface area contributed by atoms with E-state index in [9.17, 15) is 18.3 Å². The van der Waals surface area contributed by atoms with Gasteiger partial charge < -0.3 is 19.3 Å². The number of carbonyl (C=O) groups is 1. The maximum Gasteiger partial charge on any atom is 0.516 e. The van der Waals surface area contributed by atoms with Crippen molar-refractivity contribution in [3.05, 3.63) is 71.5 Å². The Labute approximate surface area is 252 Å². The largest absolute Gasteiger partial charge is 0.516 e. The van der Waals surface area contributed by atoms with Crippen LogP contribution in [0.4, 0.5) is 0 Å². The van der Waals surface area contributed by atoms with Gasteiger partial charge in [-0.15, -0.1) is 0 Å². The van der Waals surface area contributed by atoms with E-state index >= 15 is 0 Å². The average Bonchev–Trinajstić information content (AvgIpc) is 3.41. The van der Waals surface area contributed by atoms with Crippen molar-refractivity contribution in [2.75, 3.05) is 13.6 Å². The molecular formula is C31H37BN4O6S. The Hall–Kier alpha value is -3.58. The van der Waals surface area contributed by atoms with Crippen molar-refractivity contribution in [3.63, 3.8) is 0 Å². The topological polar surface area (TPSA) is 124 Å². The van der Waals surface area contributed by atoms with E-state index in [4.69, 9.17) is 14.3 Å². The number of aliphatic hydroxyl groups excluding tert-OH is 1. The first-order valence-electron chi connectivity index (χ1n) is 14.1. The summed E-state index contributed by atoms with van der Waals surface area (Å²) in [4.78, 5) is 24.1. The molecule has 0 saturated carbocycles. The Morgan fingerprint density at radius 3 is 2.28 bits per heavy atom. The Morgan fingerprint density at radius 1 is 1.07 bits per heavy atom. The summed E-state index contributed by atoms with van der Waals surface area (Å²) >= 11 is 0. The smallest absolute Gasteiger partial charge is 0.398 e. The van der Waals surface area contributed by atoms with Gasteiger partial charge in [-0.25, -0.2) is 17.4 Å². The van der Waals surface area contributed by atoms with Crippen LogP contribution in [-0.4, -0.2) is 76.3 Å². The molecule has 1 amide bonds. The van der Waals surface area contributed by atoms with E-state index in [1.165, 1.54) is 17.3 Å². The van der Waals surface area contributed by atoms with E-state index in [1.807, 2.05) is 47.6 Å². The second kappa shape index (κ2) is 10.9. The molecule has 5 rings (SSSR count). The van der Waals surface area contributed by atoms with Gasteiger partial charge in [0.25, 0.3) is 15.9 Å². The molecule has 0 aliphatic carbocycles. The highest BCUT2D eigenvalue weighted by molar-refractivity contribution is 7.90. The molecular weight excluding hydrogens is 567 g/mol. The molecule has 1 fully saturated rings. The van der Waals surface area contributed by atoms with E-state index in [2.05, 4.69) is 4.98 Å². The van der Waals surface area contributed by atoms with E-state index < -0.39 is 34.4 Å². The fraction of sp³-hybridized carbons (Fsp3) is 0.387. The lowest BCUT2D eigenvalue weighted by atomic mass is 9.85. The monoisotopic (exact) mass is 604 g/mol. The first-order valence-corrected chi connectivity index (χ1v) is 15.6. The quantitative estimate of drug-likeness (QED) is 0.317. The molecule has 1 N–H and O–H groups in total. The van der Waals surface area contributed by atoms with Gasteiger partial charge in [-0.2, -0.15) is 0 Å². The third-order valence-corrected chi connectivity index (χ3v) is 9.87. The lowest BCUT2D eigenvalue weighted by Gasteiger charge is -2.32. The second-order valence-corrected chi connectivity index (χ2v) is 14.1. The van der Waals surface area contributed by atoms with Crippen LogP contribution in [0.15, 0.2) is 59.8 Å². The molecule has 1 atom stereocenters. The van der Waals surface area contributed by atoms with Crippen LogP contribution in [0.5, 0.6) is 0 Å². The maximum absolute atomic E-state index is 13.9. The van der Waals surface area contributed by atoms with Crippen LogP contribution >= 0.6 is 0 Å². The van der Waals surface area contributed by atoms with Crippen molar-refractivity contribution in [3.8, 4) is 11.1 Å². The number of aliphatic hydroxyl groups is 1. The molecule has 4 aromatic rings. The number of likely N-dealkylation sites (N-methyl/N-ethyl adjacent to an activating group) is 1. The number of hydrogen-bond acceptors (Lipinski definition) is 8. The van der Waals surface area contributed by atoms with Gasteiger partial charge in [0.15, 0.2) is 5.65 Å². The maximum atomic E-state index is 13.9. The fourth-order valence-electron chi connectivity index (χ4n) is 5.03. The molecule has 0 spiro atoms. The first kappa shape index (κ1) is 30.9. The van der Waals surface area contributed by atoms with Crippen molar-refractivity contribution in [1.29, 1.82) is 0 Å². The molecule has 12 heteroatoms. The number of benzene rings is 2. The van der Waals surface area contributed by atoms with Crippen molar-refractivity contribution >= 4 is 39.8 Å². The highest BCUT2D eigenvalue weighted by Crippen LogP contribution is 2.37. The summed E-state index contributed by atoms with van der Waals surface area (Å²) in [6.45, 7) is 13.3. The van der Waals surface area contributed by atoms with E-state index in [0.29, 0.717) is 33.4 Å². The van der Waals surface area contributed by atoms with E-state index in [0.717, 1.165) is 9.54 Å². The van der Waals surface area contributed by atoms with Gasteiger partial charge in [0, 0.05) is 37.1 Å². The van der Waals surface area contributed by atoms with Crippen LogP contribution < -0.4 is 5.59 Å². The summed E-state index contributed by atoms with van der Waals surface area (Å²) in [6.07, 6.45) is 2.34. The molecule has 226 valence electrons. The minimum Gasteiger partial charge on any atom is -0.398 e. The van der Waals surface area contributed by atoms with Gasteiger partial charge in [0.05, 0.1) is 27.8 Å². The van der Waals surface area contributed by atoms with Crippen LogP contribution in [0, 0.1) is 13.8 Å². The molecule has 0 radical (unpaired) electrons. The summed E-state index contributed by atoms with van der Waals surface area (Å²) in [5.41, 5.74) is 3.03. The second-order valence-electron chi connectivity index (χ2n) is 12.3. The minimum atomic E-state index is -4.03. The minimum absolute atomic E-state index is 0.122. The van der Waals surface area contributed by atoms with Gasteiger partial charge in [0.2, 0.25) is 0 Å². The molecule has 1 aliphatic rings. The Bertz CT molecular complexity index is 1800. The molecule has 1 saturated heterocycles. The van der Waals surface area contributed by atoms with Crippen LogP contribution in [0.3, 0.4) is 0 Å². The molecule has 2 aromatic heterocycles. The number of rotatable bonds is 7. The zero-order valence-electron chi connectivity index (χ0n) is 25.7. The molecule has 43 heavy (non-hydrogen) atoms. The molecule has 10 nitrogen and oxygen atoms in total. The number of amides is 1. The standard InChI is InChI=1S/C31H37BN4O6S/c1-19-9-12-23(13-10-19)43(39,40)36-18-25(22-11-14-24(20(2)15-22)29(38)35(8)17-21(3)37)27-28(36)33-16-26(34-27)32-41-30(4,5)31(6,7)42-32/h9-16,18,21,37H,17H2,1-8H3/t21-/m0/s1. The fourth-order valence-corrected chi connectivity index (χ4v) is 6.34. The third-order valence-electron chi connectivity index (χ3n) is 8.21. The van der Waals surface area contributed by atoms with Gasteiger partial charge >= 0.3 is 7.12 Å². The van der Waals surface area contributed by atoms with Crippen LogP contribution in [0.25, 0.3) is 22.3 Å². The zero-order valence-corrected chi connectivity index (χ0v) is 26.6. The lowest BCUT2D eigenvalue weighted by molar-refractivity contribution is 0.00578. The van der Waals surface area contributed by atoms with E-state index in [1.54, 1.807) is 50.4 Å². The zero-order chi connectivity index (χ0) is 31.5. The number of aryl methyl sites for hydroxylation is 2. The van der Waals surface area contributed by atoms with Crippen LogP contribution in [0.2, 0.25) is 0 Å². The summed E-state index contributed by atoms with van der Waals surface area (Å²) in [7, 11) is -3.18. The molecule has 2 aromatic carbocycles. The van der Waals surface area contributed by atoms with Crippen LogP contribution in [-0.2, 0) is 19.3 Å². The van der Waals surface area contributed by atoms with Crippen molar-refractivity contribution in [2.45, 2.75) is 70.7 Å². The van der Waals surface area contributed by atoms with Gasteiger partial charge in [-0.05, 0) is 77.8 Å². The molecule has 3 heterocycles. The number of hydrogen-bond donors (Lipinski definition) is 1. The SMILES string of the molecule is Cc1ccc(S(=O)(=O)n2cc(-c3ccc(C(=O)N(C)C[C@H](C)O)c(C)c3)c3nc(B4OC(C)(C)C(C)(C)O4)cnc32)cc1. The Morgan fingerprint density at radius 2 is 1.70 bits per heavy atom. The Kier molecular flexibility index (Phi) is 7.79. The summed E-state index contributed by atoms with van der Waals surface area (Å²) in [5, 5.41) is 9.73. The number of carbonyl (C=O) groups excluding carboxylic acids is 1. The highest BCUT2D eigenvalue weighted by Gasteiger charge is 2.52. The van der Waals surface area contributed by atoms with E-state index in [-0.39, 0.29) is 23.0 Å². The Balaban J connectivity index is 1.66. The predicted octanol–water partition coefficient (Wildman–Crippen LogP) is 3.70. The van der Waals surface area contributed by atoms with Gasteiger partial charge in [-0.1, -0.05) is 29.8 Å². The lowest BCUT2D eigenvalue weighted by Crippen LogP contribution is -2.41. The van der Waals surface area contributed by atoms with Crippen molar-refractivity contribution in [1.82, 2.24) is 18.8 Å². The normalized spacial score (nSPS) is 16.9. The van der Waals surface area contributed by atoms with Crippen LogP contribution in [0.1, 0.15) is 56.1 Å². The number of aromatic nitrogens is 3. The summed E-state index contributed by atoms with van der Waals surface area (Å²) in [5.74, 6) is -0.225. The van der Waals surface area contributed by atoms with Gasteiger partial charge in [-0.3, -0.25) is 9.78 Å². The van der Waals surface area contributed by atoms with Crippen molar-refractivity contribution < 1.29 is 27.6 Å². The highest BCUT2D eigenvalue weighted by atomic mass is 32.2. The van der Waals surface area contributed by atoms with Gasteiger partial charge in [0.1, 0.15) is 5.52 Å². The molecule has 0 bridgehead atoms. The third kappa shape index (κ3) is 5.60.